The summed E-state index contributed by atoms with van der Waals surface area (Å²) in [4.78, 5) is 47.4. The molecule has 0 aromatic heterocycles. The molecule has 0 fully saturated rings. The third kappa shape index (κ3) is 6.00. The number of carbonyl (C=O) groups is 2. The Morgan fingerprint density at radius 2 is 1.51 bits per heavy atom. The van der Waals surface area contributed by atoms with E-state index in [1.165, 1.54) is 13.0 Å². The predicted molar refractivity (Wildman–Crippen MR) is 142 cm³/mol. The zero-order chi connectivity index (χ0) is 27.4. The van der Waals surface area contributed by atoms with Crippen LogP contribution in [0.15, 0.2) is 15.3 Å². The van der Waals surface area contributed by atoms with Crippen LogP contribution in [0, 0.1) is 13.8 Å². The molecule has 1 aromatic rings. The number of nitrogens with two attached hydrogens (primary N) is 2. The number of benzene rings is 2. The standard InChI is InChI=1S/C26H35N5O6/c1-14-17(27)13-16(25(33)35-11-7-9-30(3)4)20-23(14)37-24-15(2)22(32)19(28)18(21(24)29-20)26(34)36-12-8-10-31(5)6/h13H,7-12,27-28H2,1-6H3. The molecule has 4 N–H and O–H groups in total. The van der Waals surface area contributed by atoms with Gasteiger partial charge in [0.2, 0.25) is 5.43 Å². The van der Waals surface area contributed by atoms with Crippen LogP contribution in [0.25, 0.3) is 22.6 Å². The average Bonchev–Trinajstić information content (AvgIpc) is 2.84. The summed E-state index contributed by atoms with van der Waals surface area (Å²) in [5, 5.41) is 0. The first kappa shape index (κ1) is 27.9. The van der Waals surface area contributed by atoms with Crippen LogP contribution in [0.1, 0.15) is 44.7 Å². The Kier molecular flexibility index (Phi) is 8.72. The summed E-state index contributed by atoms with van der Waals surface area (Å²) in [5.74, 6) is -1.35. The summed E-state index contributed by atoms with van der Waals surface area (Å²) < 4.78 is 16.9. The van der Waals surface area contributed by atoms with Gasteiger partial charge in [0.25, 0.3) is 0 Å². The van der Waals surface area contributed by atoms with E-state index < -0.39 is 17.4 Å². The van der Waals surface area contributed by atoms with Gasteiger partial charge in [0.1, 0.15) is 16.8 Å². The summed E-state index contributed by atoms with van der Waals surface area (Å²) in [6.45, 7) is 5.04. The molecule has 37 heavy (non-hydrogen) atoms. The fourth-order valence-corrected chi connectivity index (χ4v) is 3.89. The molecule has 0 spiro atoms. The number of esters is 2. The number of nitrogens with zero attached hydrogens (tertiary/aromatic N) is 3. The van der Waals surface area contributed by atoms with Crippen molar-refractivity contribution in [2.24, 2.45) is 0 Å². The maximum absolute atomic E-state index is 13.0. The smallest absolute Gasteiger partial charge is 0.342 e. The van der Waals surface area contributed by atoms with Gasteiger partial charge in [-0.25, -0.2) is 14.6 Å². The number of fused-ring (bicyclic) bond motifs is 2. The van der Waals surface area contributed by atoms with Crippen molar-refractivity contribution in [2.45, 2.75) is 26.7 Å². The molecule has 1 heterocycles. The van der Waals surface area contributed by atoms with Crippen LogP contribution in [-0.4, -0.2) is 81.2 Å². The highest BCUT2D eigenvalue weighted by Gasteiger charge is 2.30. The molecule has 11 nitrogen and oxygen atoms in total. The minimum Gasteiger partial charge on any atom is -0.462 e. The minimum absolute atomic E-state index is 0.0329. The number of nitrogen functional groups attached to an aromatic ring is 2. The van der Waals surface area contributed by atoms with Gasteiger partial charge in [-0.15, -0.1) is 0 Å². The van der Waals surface area contributed by atoms with E-state index in [0.717, 1.165) is 6.54 Å². The second-order valence-corrected chi connectivity index (χ2v) is 9.54. The number of carbonyl (C=O) groups excluding carboxylic acids is 2. The second kappa shape index (κ2) is 11.6. The zero-order valence-electron chi connectivity index (χ0n) is 22.3. The van der Waals surface area contributed by atoms with Crippen molar-refractivity contribution in [1.29, 1.82) is 0 Å². The lowest BCUT2D eigenvalue weighted by molar-refractivity contribution is 0.0486. The van der Waals surface area contributed by atoms with Crippen LogP contribution < -0.4 is 16.9 Å². The van der Waals surface area contributed by atoms with Crippen molar-refractivity contribution in [3.05, 3.63) is 38.5 Å². The third-order valence-corrected chi connectivity index (χ3v) is 6.01. The molecule has 11 heteroatoms. The van der Waals surface area contributed by atoms with E-state index in [9.17, 15) is 14.4 Å². The lowest BCUT2D eigenvalue weighted by atomic mass is 10.00. The maximum Gasteiger partial charge on any atom is 0.342 e. The monoisotopic (exact) mass is 513 g/mol. The molecule has 0 saturated carbocycles. The van der Waals surface area contributed by atoms with Gasteiger partial charge in [-0.2, -0.15) is 0 Å². The Labute approximate surface area is 215 Å². The van der Waals surface area contributed by atoms with E-state index in [0.29, 0.717) is 30.6 Å². The van der Waals surface area contributed by atoms with Crippen molar-refractivity contribution in [3.63, 3.8) is 0 Å². The molecule has 2 aliphatic rings. The van der Waals surface area contributed by atoms with Gasteiger partial charge < -0.3 is 35.2 Å². The molecule has 1 aliphatic carbocycles. The SMILES string of the molecule is Cc1c2oc3c(C)c(N)cc(C(=O)OCCCN(C)C)c3nc-2c(C(=O)OCCCN(C)C)c(N)c1=O. The Morgan fingerprint density at radius 1 is 0.946 bits per heavy atom. The normalized spacial score (nSPS) is 11.6. The van der Waals surface area contributed by atoms with Gasteiger partial charge in [-0.05, 0) is 60.9 Å². The molecule has 200 valence electrons. The van der Waals surface area contributed by atoms with Crippen LogP contribution >= 0.6 is 0 Å². The number of rotatable bonds is 10. The maximum atomic E-state index is 13.0. The number of anilines is 2. The molecule has 3 rings (SSSR count). The van der Waals surface area contributed by atoms with E-state index in [2.05, 4.69) is 4.98 Å². The minimum atomic E-state index is -0.791. The summed E-state index contributed by atoms with van der Waals surface area (Å²) in [5.41, 5.74) is 12.7. The van der Waals surface area contributed by atoms with Crippen LogP contribution in [0.2, 0.25) is 0 Å². The summed E-state index contributed by atoms with van der Waals surface area (Å²) in [6.07, 6.45) is 1.24. The van der Waals surface area contributed by atoms with E-state index in [1.54, 1.807) is 6.92 Å². The topological polar surface area (TPSA) is 154 Å². The zero-order valence-corrected chi connectivity index (χ0v) is 22.3. The molecular weight excluding hydrogens is 478 g/mol. The Hall–Kier alpha value is -3.70. The Morgan fingerprint density at radius 3 is 2.08 bits per heavy atom. The van der Waals surface area contributed by atoms with Crippen LogP contribution in [0.5, 0.6) is 0 Å². The Balaban J connectivity index is 2.14. The van der Waals surface area contributed by atoms with Crippen molar-refractivity contribution in [1.82, 2.24) is 14.8 Å². The molecule has 0 radical (unpaired) electrons. The van der Waals surface area contributed by atoms with Gasteiger partial charge in [-0.3, -0.25) is 4.79 Å². The quantitative estimate of drug-likeness (QED) is 0.178. The molecule has 1 aliphatic heterocycles. The van der Waals surface area contributed by atoms with Gasteiger partial charge >= 0.3 is 11.9 Å². The highest BCUT2D eigenvalue weighted by atomic mass is 16.5. The lowest BCUT2D eigenvalue weighted by Crippen LogP contribution is -2.23. The van der Waals surface area contributed by atoms with Crippen LogP contribution in [0.3, 0.4) is 0 Å². The van der Waals surface area contributed by atoms with E-state index in [1.807, 2.05) is 38.0 Å². The number of aromatic nitrogens is 1. The van der Waals surface area contributed by atoms with E-state index in [-0.39, 0.29) is 58.1 Å². The molecular formula is C26H35N5O6. The van der Waals surface area contributed by atoms with E-state index >= 15 is 0 Å². The molecule has 1 aromatic carbocycles. The largest absolute Gasteiger partial charge is 0.462 e. The van der Waals surface area contributed by atoms with Gasteiger partial charge in [0.15, 0.2) is 11.3 Å². The molecule has 0 saturated heterocycles. The Bertz CT molecular complexity index is 1350. The van der Waals surface area contributed by atoms with Crippen molar-refractivity contribution < 1.29 is 23.5 Å². The van der Waals surface area contributed by atoms with E-state index in [4.69, 9.17) is 25.4 Å². The molecule has 0 atom stereocenters. The van der Waals surface area contributed by atoms with Crippen molar-refractivity contribution in [2.75, 3.05) is 66.0 Å². The highest BCUT2D eigenvalue weighted by molar-refractivity contribution is 6.07. The van der Waals surface area contributed by atoms with Crippen LogP contribution in [0.4, 0.5) is 11.4 Å². The number of hydrogen-bond acceptors (Lipinski definition) is 11. The fraction of sp³-hybridized carbons (Fsp3) is 0.462. The van der Waals surface area contributed by atoms with Gasteiger partial charge in [0.05, 0.1) is 24.5 Å². The highest BCUT2D eigenvalue weighted by Crippen LogP contribution is 2.36. The first-order chi connectivity index (χ1) is 17.4. The first-order valence-corrected chi connectivity index (χ1v) is 12.0. The average molecular weight is 514 g/mol. The van der Waals surface area contributed by atoms with Crippen LogP contribution in [-0.2, 0) is 9.47 Å². The van der Waals surface area contributed by atoms with Crippen molar-refractivity contribution >= 4 is 34.4 Å². The fourth-order valence-electron chi connectivity index (χ4n) is 3.89. The van der Waals surface area contributed by atoms with Crippen molar-refractivity contribution in [3.8, 4) is 11.5 Å². The lowest BCUT2D eigenvalue weighted by Gasteiger charge is -2.18. The molecule has 0 amide bonds. The second-order valence-electron chi connectivity index (χ2n) is 9.54. The number of ether oxygens (including phenoxy) is 2. The number of hydrogen-bond donors (Lipinski definition) is 2. The summed E-state index contributed by atoms with van der Waals surface area (Å²) in [6, 6.07) is 1.47. The van der Waals surface area contributed by atoms with Gasteiger partial charge in [-0.1, -0.05) is 0 Å². The summed E-state index contributed by atoms with van der Waals surface area (Å²) >= 11 is 0. The molecule has 0 unspecified atom stereocenters. The predicted octanol–water partition coefficient (Wildman–Crippen LogP) is 2.29. The number of aryl methyl sites for hydroxylation is 1. The first-order valence-electron chi connectivity index (χ1n) is 12.0. The third-order valence-electron chi connectivity index (χ3n) is 6.01. The molecule has 0 bridgehead atoms. The summed E-state index contributed by atoms with van der Waals surface area (Å²) in [7, 11) is 7.68. The van der Waals surface area contributed by atoms with Gasteiger partial charge in [0, 0.05) is 29.9 Å².